The number of fused-ring (bicyclic) bond motifs is 1. The monoisotopic (exact) mass is 443 g/mol. The fourth-order valence-corrected chi connectivity index (χ4v) is 3.76. The minimum Gasteiger partial charge on any atom is -0.481 e. The maximum Gasteiger partial charge on any atom is 0.305 e. The van der Waals surface area contributed by atoms with Crippen LogP contribution in [0.15, 0.2) is 48.5 Å². The van der Waals surface area contributed by atoms with Crippen LogP contribution < -0.4 is 16.0 Å². The summed E-state index contributed by atoms with van der Waals surface area (Å²) in [5.41, 5.74) is 3.23. The highest BCUT2D eigenvalue weighted by Gasteiger charge is 2.25. The summed E-state index contributed by atoms with van der Waals surface area (Å²) in [5, 5.41) is 18.2. The Morgan fingerprint density at radius 2 is 1.77 bits per heavy atom. The molecule has 0 saturated carbocycles. The van der Waals surface area contributed by atoms with Crippen molar-refractivity contribution in [1.29, 1.82) is 0 Å². The lowest BCUT2D eigenvalue weighted by molar-refractivity contribution is -0.137. The fourth-order valence-electron chi connectivity index (χ4n) is 3.63. The van der Waals surface area contributed by atoms with Crippen molar-refractivity contribution >= 4 is 29.4 Å². The number of carbonyl (C=O) groups excluding carboxylic acids is 2. The summed E-state index contributed by atoms with van der Waals surface area (Å²) < 4.78 is 0. The number of hydrogen-bond donors (Lipinski definition) is 4. The fraction of sp³-hybridized carbons (Fsp3) is 0.348. The Hall–Kier alpha value is -2.90. The number of rotatable bonds is 9. The Kier molecular flexibility index (Phi) is 8.03. The number of nitrogens with one attached hydrogen (secondary N) is 3. The summed E-state index contributed by atoms with van der Waals surface area (Å²) in [5.74, 6) is -1.61. The van der Waals surface area contributed by atoms with Crippen molar-refractivity contribution in [3.05, 3.63) is 70.2 Å². The molecule has 1 heterocycles. The molecule has 164 valence electrons. The summed E-state index contributed by atoms with van der Waals surface area (Å²) >= 11 is 5.98. The van der Waals surface area contributed by atoms with Gasteiger partial charge in [0.2, 0.25) is 11.8 Å². The number of carboxylic acids is 1. The molecule has 3 rings (SSSR count). The molecule has 1 unspecified atom stereocenters. The number of hydrogen-bond acceptors (Lipinski definition) is 4. The Labute approximate surface area is 186 Å². The van der Waals surface area contributed by atoms with Crippen LogP contribution in [-0.4, -0.2) is 42.0 Å². The van der Waals surface area contributed by atoms with Gasteiger partial charge in [0.1, 0.15) is 0 Å². The van der Waals surface area contributed by atoms with Crippen LogP contribution in [0, 0.1) is 0 Å². The molecule has 0 radical (unpaired) electrons. The number of carboxylic acid groups (broad SMARTS) is 1. The molecular weight excluding hydrogens is 418 g/mol. The SMILES string of the molecule is O=C(O)CCNC(=O)CC(CNC(=O)[C@@H]1Cc2ccccc2CN1)c1ccc(Cl)cc1. The molecule has 2 aromatic carbocycles. The maximum atomic E-state index is 12.8. The van der Waals surface area contributed by atoms with Gasteiger partial charge < -0.3 is 21.1 Å². The van der Waals surface area contributed by atoms with Gasteiger partial charge in [-0.3, -0.25) is 14.4 Å². The van der Waals surface area contributed by atoms with Crippen LogP contribution in [0.4, 0.5) is 0 Å². The molecule has 2 amide bonds. The van der Waals surface area contributed by atoms with E-state index in [1.165, 1.54) is 5.56 Å². The van der Waals surface area contributed by atoms with Crippen molar-refractivity contribution in [2.45, 2.75) is 37.8 Å². The van der Waals surface area contributed by atoms with Gasteiger partial charge in [-0.05, 0) is 35.2 Å². The largest absolute Gasteiger partial charge is 0.481 e. The average molecular weight is 444 g/mol. The highest BCUT2D eigenvalue weighted by molar-refractivity contribution is 6.30. The lowest BCUT2D eigenvalue weighted by atomic mass is 9.93. The third-order valence-electron chi connectivity index (χ3n) is 5.35. The Morgan fingerprint density at radius 3 is 2.48 bits per heavy atom. The molecule has 7 nitrogen and oxygen atoms in total. The molecule has 0 fully saturated rings. The number of aliphatic carboxylic acids is 1. The molecular formula is C23H26ClN3O4. The van der Waals surface area contributed by atoms with E-state index in [-0.39, 0.29) is 49.7 Å². The van der Waals surface area contributed by atoms with Gasteiger partial charge in [-0.1, -0.05) is 48.0 Å². The van der Waals surface area contributed by atoms with Crippen LogP contribution in [0.3, 0.4) is 0 Å². The lowest BCUT2D eigenvalue weighted by Gasteiger charge is -2.26. The van der Waals surface area contributed by atoms with Gasteiger partial charge in [-0.25, -0.2) is 0 Å². The Bertz CT molecular complexity index is 933. The summed E-state index contributed by atoms with van der Waals surface area (Å²) in [6.45, 7) is 0.993. The van der Waals surface area contributed by atoms with Gasteiger partial charge >= 0.3 is 5.97 Å². The second kappa shape index (κ2) is 10.9. The smallest absolute Gasteiger partial charge is 0.305 e. The van der Waals surface area contributed by atoms with Crippen molar-refractivity contribution in [2.24, 2.45) is 0 Å². The molecule has 0 saturated heterocycles. The number of halogens is 1. The molecule has 2 atom stereocenters. The van der Waals surface area contributed by atoms with E-state index in [1.807, 2.05) is 30.3 Å². The van der Waals surface area contributed by atoms with Gasteiger partial charge in [0, 0.05) is 37.0 Å². The van der Waals surface area contributed by atoms with Crippen LogP contribution in [0.25, 0.3) is 0 Å². The van der Waals surface area contributed by atoms with E-state index in [2.05, 4.69) is 22.0 Å². The van der Waals surface area contributed by atoms with Crippen LogP contribution >= 0.6 is 11.6 Å². The first-order valence-electron chi connectivity index (χ1n) is 10.2. The van der Waals surface area contributed by atoms with Gasteiger partial charge in [-0.2, -0.15) is 0 Å². The van der Waals surface area contributed by atoms with Gasteiger partial charge in [0.25, 0.3) is 0 Å². The third-order valence-corrected chi connectivity index (χ3v) is 5.61. The van der Waals surface area contributed by atoms with E-state index in [4.69, 9.17) is 16.7 Å². The number of benzene rings is 2. The summed E-state index contributed by atoms with van der Waals surface area (Å²) in [6, 6.07) is 14.9. The first-order valence-corrected chi connectivity index (χ1v) is 10.6. The van der Waals surface area contributed by atoms with Crippen molar-refractivity contribution < 1.29 is 19.5 Å². The molecule has 0 bridgehead atoms. The molecule has 1 aliphatic heterocycles. The lowest BCUT2D eigenvalue weighted by Crippen LogP contribution is -2.48. The van der Waals surface area contributed by atoms with E-state index < -0.39 is 5.97 Å². The van der Waals surface area contributed by atoms with Crippen LogP contribution in [0.1, 0.15) is 35.4 Å². The molecule has 2 aromatic rings. The standard InChI is InChI=1S/C23H26ClN3O4/c24-19-7-5-15(6-8-19)18(12-21(28)25-10-9-22(29)30)14-27-23(31)20-11-16-3-1-2-4-17(16)13-26-20/h1-8,18,20,26H,9-14H2,(H,25,28)(H,27,31)(H,29,30)/t18?,20-/m0/s1. The van der Waals surface area contributed by atoms with Crippen LogP contribution in [-0.2, 0) is 27.3 Å². The predicted octanol–water partition coefficient (Wildman–Crippen LogP) is 2.24. The Morgan fingerprint density at radius 1 is 1.06 bits per heavy atom. The van der Waals surface area contributed by atoms with E-state index in [0.717, 1.165) is 11.1 Å². The first-order chi connectivity index (χ1) is 14.9. The van der Waals surface area contributed by atoms with Crippen LogP contribution in [0.5, 0.6) is 0 Å². The second-order valence-corrected chi connectivity index (χ2v) is 8.03. The highest BCUT2D eigenvalue weighted by atomic mass is 35.5. The van der Waals surface area contributed by atoms with Crippen molar-refractivity contribution in [2.75, 3.05) is 13.1 Å². The third kappa shape index (κ3) is 6.80. The molecule has 0 aromatic heterocycles. The summed E-state index contributed by atoms with van der Waals surface area (Å²) in [4.78, 5) is 35.7. The molecule has 0 aliphatic carbocycles. The summed E-state index contributed by atoms with van der Waals surface area (Å²) in [7, 11) is 0. The summed E-state index contributed by atoms with van der Waals surface area (Å²) in [6.07, 6.45) is 0.606. The zero-order chi connectivity index (χ0) is 22.2. The van der Waals surface area contributed by atoms with Gasteiger partial charge in [0.05, 0.1) is 12.5 Å². The van der Waals surface area contributed by atoms with E-state index in [1.54, 1.807) is 12.1 Å². The predicted molar refractivity (Wildman–Crippen MR) is 118 cm³/mol. The van der Waals surface area contributed by atoms with E-state index in [9.17, 15) is 14.4 Å². The van der Waals surface area contributed by atoms with Gasteiger partial charge in [-0.15, -0.1) is 0 Å². The highest BCUT2D eigenvalue weighted by Crippen LogP contribution is 2.22. The minimum absolute atomic E-state index is 0.0687. The Balaban J connectivity index is 1.60. The molecule has 31 heavy (non-hydrogen) atoms. The molecule has 4 N–H and O–H groups in total. The van der Waals surface area contributed by atoms with Gasteiger partial charge in [0.15, 0.2) is 0 Å². The minimum atomic E-state index is -0.969. The van der Waals surface area contributed by atoms with Crippen molar-refractivity contribution in [3.8, 4) is 0 Å². The zero-order valence-electron chi connectivity index (χ0n) is 17.1. The van der Waals surface area contributed by atoms with E-state index in [0.29, 0.717) is 18.0 Å². The molecule has 8 heteroatoms. The normalized spacial score (nSPS) is 16.1. The van der Waals surface area contributed by atoms with Crippen LogP contribution in [0.2, 0.25) is 5.02 Å². The van der Waals surface area contributed by atoms with Crippen molar-refractivity contribution in [1.82, 2.24) is 16.0 Å². The topological polar surface area (TPSA) is 108 Å². The van der Waals surface area contributed by atoms with Crippen molar-refractivity contribution in [3.63, 3.8) is 0 Å². The molecule has 1 aliphatic rings. The van der Waals surface area contributed by atoms with E-state index >= 15 is 0 Å². The molecule has 0 spiro atoms. The average Bonchev–Trinajstić information content (AvgIpc) is 2.76. The number of amides is 2. The second-order valence-electron chi connectivity index (χ2n) is 7.60. The number of carbonyl (C=O) groups is 3. The quantitative estimate of drug-likeness (QED) is 0.475. The zero-order valence-corrected chi connectivity index (χ0v) is 17.8. The first kappa shape index (κ1) is 22.8. The maximum absolute atomic E-state index is 12.8.